The van der Waals surface area contributed by atoms with Crippen molar-refractivity contribution in [3.63, 3.8) is 0 Å². The van der Waals surface area contributed by atoms with Gasteiger partial charge in [0, 0.05) is 10.9 Å². The van der Waals surface area contributed by atoms with E-state index in [4.69, 9.17) is 5.73 Å². The van der Waals surface area contributed by atoms with Crippen LogP contribution in [0, 0.1) is 5.82 Å². The number of Topliss-reactive ketones (excluding diaryl/α,β-unsaturated/α-hetero) is 1. The van der Waals surface area contributed by atoms with Gasteiger partial charge < -0.3 is 10.7 Å². The number of aromatic amines is 1. The van der Waals surface area contributed by atoms with Gasteiger partial charge in [-0.15, -0.1) is 0 Å². The second-order valence-electron chi connectivity index (χ2n) is 3.76. The molecule has 0 fully saturated rings. The molecule has 1 unspecified atom stereocenters. The van der Waals surface area contributed by atoms with Crippen LogP contribution in [0.3, 0.4) is 0 Å². The first-order valence-corrected chi connectivity index (χ1v) is 5.20. The molecule has 0 spiro atoms. The van der Waals surface area contributed by atoms with Gasteiger partial charge in [0.15, 0.2) is 5.78 Å². The highest BCUT2D eigenvalue weighted by atomic mass is 19.1. The minimum Gasteiger partial charge on any atom is -0.352 e. The van der Waals surface area contributed by atoms with Crippen LogP contribution in [0.5, 0.6) is 0 Å². The summed E-state index contributed by atoms with van der Waals surface area (Å²) in [5, 5.41) is 0.425. The van der Waals surface area contributed by atoms with E-state index in [1.54, 1.807) is 12.1 Å². The average Bonchev–Trinajstić information content (AvgIpc) is 2.72. The molecule has 0 radical (unpaired) electrons. The fourth-order valence-corrected chi connectivity index (χ4v) is 1.64. The van der Waals surface area contributed by atoms with Crippen LogP contribution in [0.15, 0.2) is 24.3 Å². The van der Waals surface area contributed by atoms with Crippen LogP contribution in [0.2, 0.25) is 0 Å². The summed E-state index contributed by atoms with van der Waals surface area (Å²) in [5.74, 6) is -0.518. The number of hydrogen-bond donors (Lipinski definition) is 2. The van der Waals surface area contributed by atoms with Crippen molar-refractivity contribution in [2.45, 2.75) is 19.4 Å². The lowest BCUT2D eigenvalue weighted by atomic mass is 10.1. The molecule has 1 aromatic carbocycles. The summed E-state index contributed by atoms with van der Waals surface area (Å²) in [5.41, 5.74) is 6.63. The minimum atomic E-state index is -0.531. The van der Waals surface area contributed by atoms with Crippen LogP contribution in [0.25, 0.3) is 10.9 Å². The predicted octanol–water partition coefficient (Wildman–Crippen LogP) is 2.23. The Labute approximate surface area is 92.4 Å². The lowest BCUT2D eigenvalue weighted by Crippen LogP contribution is -2.29. The van der Waals surface area contributed by atoms with E-state index in [0.717, 1.165) is 0 Å². The molecule has 1 atom stereocenters. The van der Waals surface area contributed by atoms with E-state index in [-0.39, 0.29) is 11.6 Å². The number of fused-ring (bicyclic) bond motifs is 1. The number of hydrogen-bond acceptors (Lipinski definition) is 2. The molecular weight excluding hydrogens is 207 g/mol. The summed E-state index contributed by atoms with van der Waals surface area (Å²) < 4.78 is 13.4. The molecule has 0 aliphatic rings. The summed E-state index contributed by atoms with van der Waals surface area (Å²) in [7, 11) is 0. The van der Waals surface area contributed by atoms with E-state index >= 15 is 0 Å². The van der Waals surface area contributed by atoms with Gasteiger partial charge in [-0.1, -0.05) is 13.0 Å². The van der Waals surface area contributed by atoms with E-state index in [1.165, 1.54) is 12.1 Å². The molecule has 0 saturated heterocycles. The van der Waals surface area contributed by atoms with Gasteiger partial charge in [-0.3, -0.25) is 4.79 Å². The van der Waals surface area contributed by atoms with Crippen LogP contribution in [0.4, 0.5) is 4.39 Å². The van der Waals surface area contributed by atoms with Gasteiger partial charge in [0.25, 0.3) is 0 Å². The number of carbonyl (C=O) groups excluding carboxylic acids is 1. The van der Waals surface area contributed by atoms with Gasteiger partial charge in [0.05, 0.1) is 11.7 Å². The zero-order valence-electron chi connectivity index (χ0n) is 8.96. The van der Waals surface area contributed by atoms with Crippen molar-refractivity contribution < 1.29 is 9.18 Å². The van der Waals surface area contributed by atoms with Crippen molar-refractivity contribution in [3.05, 3.63) is 35.8 Å². The molecule has 2 aromatic rings. The normalized spacial score (nSPS) is 12.9. The van der Waals surface area contributed by atoms with Crippen molar-refractivity contribution in [3.8, 4) is 0 Å². The molecular formula is C12H13FN2O. The van der Waals surface area contributed by atoms with E-state index in [1.807, 2.05) is 6.92 Å². The number of ketones is 1. The van der Waals surface area contributed by atoms with Crippen LogP contribution in [0.1, 0.15) is 23.8 Å². The van der Waals surface area contributed by atoms with E-state index < -0.39 is 6.04 Å². The molecule has 0 aliphatic carbocycles. The summed E-state index contributed by atoms with van der Waals surface area (Å²) >= 11 is 0. The molecule has 0 bridgehead atoms. The first kappa shape index (κ1) is 10.8. The first-order valence-electron chi connectivity index (χ1n) is 5.20. The Kier molecular flexibility index (Phi) is 2.75. The molecule has 1 aromatic heterocycles. The van der Waals surface area contributed by atoms with Crippen LogP contribution >= 0.6 is 0 Å². The van der Waals surface area contributed by atoms with Crippen LogP contribution < -0.4 is 5.73 Å². The maximum atomic E-state index is 13.4. The Morgan fingerprint density at radius 3 is 2.94 bits per heavy atom. The SMILES string of the molecule is CCC(N)C(=O)c1cc2c(F)cccc2[nH]1. The largest absolute Gasteiger partial charge is 0.352 e. The van der Waals surface area contributed by atoms with Gasteiger partial charge in [-0.2, -0.15) is 0 Å². The molecule has 2 rings (SSSR count). The minimum absolute atomic E-state index is 0.182. The third-order valence-electron chi connectivity index (χ3n) is 2.65. The summed E-state index contributed by atoms with van der Waals surface area (Å²) in [6, 6.07) is 5.68. The molecule has 1 heterocycles. The van der Waals surface area contributed by atoms with Gasteiger partial charge >= 0.3 is 0 Å². The molecule has 0 saturated carbocycles. The van der Waals surface area contributed by atoms with Crippen molar-refractivity contribution in [1.82, 2.24) is 4.98 Å². The fraction of sp³-hybridized carbons (Fsp3) is 0.250. The topological polar surface area (TPSA) is 58.9 Å². The standard InChI is InChI=1S/C12H13FN2O/c1-2-9(14)12(16)11-6-7-8(13)4-3-5-10(7)15-11/h3-6,9,15H,2,14H2,1H3. The Morgan fingerprint density at radius 1 is 1.56 bits per heavy atom. The second kappa shape index (κ2) is 4.06. The highest BCUT2D eigenvalue weighted by Crippen LogP contribution is 2.19. The van der Waals surface area contributed by atoms with Crippen molar-refractivity contribution in [2.75, 3.05) is 0 Å². The number of H-pyrrole nitrogens is 1. The highest BCUT2D eigenvalue weighted by molar-refractivity contribution is 6.02. The first-order chi connectivity index (χ1) is 7.63. The molecule has 3 nitrogen and oxygen atoms in total. The number of nitrogens with two attached hydrogens (primary N) is 1. The molecule has 84 valence electrons. The number of aromatic nitrogens is 1. The van der Waals surface area contributed by atoms with Crippen LogP contribution in [-0.4, -0.2) is 16.8 Å². The van der Waals surface area contributed by atoms with E-state index in [0.29, 0.717) is 23.0 Å². The van der Waals surface area contributed by atoms with Crippen molar-refractivity contribution >= 4 is 16.7 Å². The van der Waals surface area contributed by atoms with Gasteiger partial charge in [0.1, 0.15) is 5.82 Å². The molecule has 0 amide bonds. The van der Waals surface area contributed by atoms with Crippen LogP contribution in [-0.2, 0) is 0 Å². The van der Waals surface area contributed by atoms with E-state index in [2.05, 4.69) is 4.98 Å². The van der Waals surface area contributed by atoms with Gasteiger partial charge in [-0.25, -0.2) is 4.39 Å². The van der Waals surface area contributed by atoms with Crippen molar-refractivity contribution in [2.24, 2.45) is 5.73 Å². The number of rotatable bonds is 3. The summed E-state index contributed by atoms with van der Waals surface area (Å²) in [6.07, 6.45) is 0.566. The molecule has 3 N–H and O–H groups in total. The van der Waals surface area contributed by atoms with E-state index in [9.17, 15) is 9.18 Å². The molecule has 4 heteroatoms. The quantitative estimate of drug-likeness (QED) is 0.779. The summed E-state index contributed by atoms with van der Waals surface area (Å²) in [4.78, 5) is 14.7. The maximum Gasteiger partial charge on any atom is 0.195 e. The zero-order chi connectivity index (χ0) is 11.7. The monoisotopic (exact) mass is 220 g/mol. The zero-order valence-corrected chi connectivity index (χ0v) is 8.96. The van der Waals surface area contributed by atoms with Crippen molar-refractivity contribution in [1.29, 1.82) is 0 Å². The molecule has 0 aliphatic heterocycles. The lowest BCUT2D eigenvalue weighted by Gasteiger charge is -2.04. The number of carbonyl (C=O) groups is 1. The van der Waals surface area contributed by atoms with Gasteiger partial charge in [0.2, 0.25) is 0 Å². The Morgan fingerprint density at radius 2 is 2.31 bits per heavy atom. The predicted molar refractivity (Wildman–Crippen MR) is 60.9 cm³/mol. The van der Waals surface area contributed by atoms with Gasteiger partial charge in [-0.05, 0) is 24.6 Å². The Hall–Kier alpha value is -1.68. The summed E-state index contributed by atoms with van der Waals surface area (Å²) in [6.45, 7) is 1.84. The highest BCUT2D eigenvalue weighted by Gasteiger charge is 2.16. The Balaban J connectivity index is 2.48. The smallest absolute Gasteiger partial charge is 0.195 e. The number of nitrogens with one attached hydrogen (secondary N) is 1. The lowest BCUT2D eigenvalue weighted by molar-refractivity contribution is 0.0955. The Bertz CT molecular complexity index is 533. The average molecular weight is 220 g/mol. The third-order valence-corrected chi connectivity index (χ3v) is 2.65. The number of benzene rings is 1. The maximum absolute atomic E-state index is 13.4. The fourth-order valence-electron chi connectivity index (χ4n) is 1.64. The number of halogens is 1. The molecule has 16 heavy (non-hydrogen) atoms. The second-order valence-corrected chi connectivity index (χ2v) is 3.76. The third kappa shape index (κ3) is 1.72.